The predicted molar refractivity (Wildman–Crippen MR) is 85.9 cm³/mol. The van der Waals surface area contributed by atoms with Crippen molar-refractivity contribution in [3.05, 3.63) is 52.7 Å². The molecule has 0 unspecified atom stereocenters. The third kappa shape index (κ3) is 3.30. The standard InChI is InChI=1S/C16H20ClN3/c1-4-20(13-7-5-6-12(2)10-13)16-9-8-14(17)15(19-16)11-18-3/h5-10,18H,4,11H2,1-3H3. The molecule has 0 bridgehead atoms. The van der Waals surface area contributed by atoms with E-state index in [0.29, 0.717) is 11.6 Å². The molecule has 0 atom stereocenters. The van der Waals surface area contributed by atoms with Crippen LogP contribution in [0.4, 0.5) is 11.5 Å². The fourth-order valence-electron chi connectivity index (χ4n) is 2.19. The highest BCUT2D eigenvalue weighted by atomic mass is 35.5. The first-order chi connectivity index (χ1) is 9.65. The van der Waals surface area contributed by atoms with Crippen LogP contribution in [0.2, 0.25) is 5.02 Å². The van der Waals surface area contributed by atoms with E-state index in [1.165, 1.54) is 5.56 Å². The summed E-state index contributed by atoms with van der Waals surface area (Å²) in [7, 11) is 1.89. The van der Waals surface area contributed by atoms with Crippen LogP contribution in [0.5, 0.6) is 0 Å². The number of anilines is 2. The number of benzene rings is 1. The SMILES string of the molecule is CCN(c1cccc(C)c1)c1ccc(Cl)c(CNC)n1. The Kier molecular flexibility index (Phi) is 4.99. The molecule has 4 heteroatoms. The van der Waals surface area contributed by atoms with Crippen LogP contribution < -0.4 is 10.2 Å². The van der Waals surface area contributed by atoms with Gasteiger partial charge >= 0.3 is 0 Å². The van der Waals surface area contributed by atoms with Crippen LogP contribution >= 0.6 is 11.6 Å². The first-order valence-electron chi connectivity index (χ1n) is 6.80. The van der Waals surface area contributed by atoms with Crippen molar-refractivity contribution in [3.63, 3.8) is 0 Å². The fourth-order valence-corrected chi connectivity index (χ4v) is 2.36. The van der Waals surface area contributed by atoms with Gasteiger partial charge in [0, 0.05) is 18.8 Å². The Morgan fingerprint density at radius 2 is 2.05 bits per heavy atom. The van der Waals surface area contributed by atoms with Gasteiger partial charge in [-0.25, -0.2) is 4.98 Å². The molecule has 1 N–H and O–H groups in total. The normalized spacial score (nSPS) is 10.6. The van der Waals surface area contributed by atoms with Gasteiger partial charge in [-0.05, 0) is 50.7 Å². The lowest BCUT2D eigenvalue weighted by molar-refractivity contribution is 0.788. The monoisotopic (exact) mass is 289 g/mol. The molecule has 0 amide bonds. The first kappa shape index (κ1) is 14.8. The minimum absolute atomic E-state index is 0.665. The summed E-state index contributed by atoms with van der Waals surface area (Å²) in [4.78, 5) is 6.85. The van der Waals surface area contributed by atoms with E-state index in [2.05, 4.69) is 53.3 Å². The van der Waals surface area contributed by atoms with Crippen LogP contribution in [0.15, 0.2) is 36.4 Å². The summed E-state index contributed by atoms with van der Waals surface area (Å²) < 4.78 is 0. The number of nitrogens with one attached hydrogen (secondary N) is 1. The average molecular weight is 290 g/mol. The number of rotatable bonds is 5. The smallest absolute Gasteiger partial charge is 0.133 e. The van der Waals surface area contributed by atoms with Crippen molar-refractivity contribution in [2.75, 3.05) is 18.5 Å². The highest BCUT2D eigenvalue weighted by Gasteiger charge is 2.11. The van der Waals surface area contributed by atoms with Gasteiger partial charge in [0.1, 0.15) is 5.82 Å². The molecule has 2 rings (SSSR count). The van der Waals surface area contributed by atoms with Crippen molar-refractivity contribution in [1.29, 1.82) is 0 Å². The average Bonchev–Trinajstić information content (AvgIpc) is 2.43. The molecule has 0 aliphatic carbocycles. The topological polar surface area (TPSA) is 28.2 Å². The fraction of sp³-hybridized carbons (Fsp3) is 0.312. The summed E-state index contributed by atoms with van der Waals surface area (Å²) in [5.41, 5.74) is 3.26. The van der Waals surface area contributed by atoms with Crippen molar-refractivity contribution in [2.45, 2.75) is 20.4 Å². The van der Waals surface area contributed by atoms with Crippen LogP contribution in [-0.4, -0.2) is 18.6 Å². The molecule has 1 aromatic heterocycles. The lowest BCUT2D eigenvalue weighted by atomic mass is 10.2. The Labute approximate surface area is 125 Å². The maximum Gasteiger partial charge on any atom is 0.133 e. The highest BCUT2D eigenvalue weighted by Crippen LogP contribution is 2.26. The Hall–Kier alpha value is -1.58. The van der Waals surface area contributed by atoms with Gasteiger partial charge in [0.05, 0.1) is 10.7 Å². The van der Waals surface area contributed by atoms with E-state index in [-0.39, 0.29) is 0 Å². The number of aryl methyl sites for hydroxylation is 1. The number of hydrogen-bond donors (Lipinski definition) is 1. The van der Waals surface area contributed by atoms with Gasteiger partial charge < -0.3 is 10.2 Å². The molecule has 106 valence electrons. The first-order valence-corrected chi connectivity index (χ1v) is 7.17. The number of pyridine rings is 1. The molecular formula is C16H20ClN3. The molecule has 2 aromatic rings. The second-order valence-electron chi connectivity index (χ2n) is 4.71. The molecule has 3 nitrogen and oxygen atoms in total. The quantitative estimate of drug-likeness (QED) is 0.904. The van der Waals surface area contributed by atoms with Crippen molar-refractivity contribution in [3.8, 4) is 0 Å². The Morgan fingerprint density at radius 1 is 1.25 bits per heavy atom. The van der Waals surface area contributed by atoms with E-state index in [1.54, 1.807) is 0 Å². The minimum Gasteiger partial charge on any atom is -0.327 e. The maximum atomic E-state index is 6.17. The molecule has 0 aliphatic rings. The molecular weight excluding hydrogens is 270 g/mol. The number of hydrogen-bond acceptors (Lipinski definition) is 3. The zero-order valence-electron chi connectivity index (χ0n) is 12.2. The third-order valence-corrected chi connectivity index (χ3v) is 3.50. The zero-order valence-corrected chi connectivity index (χ0v) is 12.9. The largest absolute Gasteiger partial charge is 0.327 e. The number of aromatic nitrogens is 1. The zero-order chi connectivity index (χ0) is 14.5. The van der Waals surface area contributed by atoms with Crippen LogP contribution in [0.1, 0.15) is 18.2 Å². The Morgan fingerprint density at radius 3 is 2.70 bits per heavy atom. The second-order valence-corrected chi connectivity index (χ2v) is 5.12. The lowest BCUT2D eigenvalue weighted by Gasteiger charge is -2.23. The van der Waals surface area contributed by atoms with Crippen LogP contribution in [0, 0.1) is 6.92 Å². The van der Waals surface area contributed by atoms with Crippen LogP contribution in [-0.2, 0) is 6.54 Å². The number of nitrogens with zero attached hydrogens (tertiary/aromatic N) is 2. The minimum atomic E-state index is 0.665. The van der Waals surface area contributed by atoms with Crippen molar-refractivity contribution < 1.29 is 0 Å². The van der Waals surface area contributed by atoms with Gasteiger partial charge in [0.15, 0.2) is 0 Å². The van der Waals surface area contributed by atoms with Crippen molar-refractivity contribution >= 4 is 23.1 Å². The molecule has 0 fully saturated rings. The van der Waals surface area contributed by atoms with Crippen molar-refractivity contribution in [1.82, 2.24) is 10.3 Å². The van der Waals surface area contributed by atoms with Gasteiger partial charge in [0.25, 0.3) is 0 Å². The summed E-state index contributed by atoms with van der Waals surface area (Å²) in [5, 5.41) is 3.79. The second kappa shape index (κ2) is 6.73. The molecule has 0 aliphatic heterocycles. The summed E-state index contributed by atoms with van der Waals surface area (Å²) in [6.45, 7) is 5.74. The van der Waals surface area contributed by atoms with Gasteiger partial charge in [-0.1, -0.05) is 23.7 Å². The van der Waals surface area contributed by atoms with E-state index < -0.39 is 0 Å². The molecule has 0 radical (unpaired) electrons. The molecule has 0 saturated heterocycles. The van der Waals surface area contributed by atoms with Crippen LogP contribution in [0.3, 0.4) is 0 Å². The Bertz CT molecular complexity index is 584. The summed E-state index contributed by atoms with van der Waals surface area (Å²) in [5.74, 6) is 0.924. The summed E-state index contributed by atoms with van der Waals surface area (Å²) in [6.07, 6.45) is 0. The molecule has 0 saturated carbocycles. The lowest BCUT2D eigenvalue weighted by Crippen LogP contribution is -2.19. The number of halogens is 1. The molecule has 1 aromatic carbocycles. The molecule has 20 heavy (non-hydrogen) atoms. The Balaban J connectivity index is 2.39. The predicted octanol–water partition coefficient (Wildman–Crippen LogP) is 3.92. The van der Waals surface area contributed by atoms with E-state index >= 15 is 0 Å². The van der Waals surface area contributed by atoms with E-state index in [1.807, 2.05) is 19.2 Å². The van der Waals surface area contributed by atoms with Gasteiger partial charge in [-0.3, -0.25) is 0 Å². The maximum absolute atomic E-state index is 6.17. The van der Waals surface area contributed by atoms with E-state index in [9.17, 15) is 0 Å². The van der Waals surface area contributed by atoms with E-state index in [0.717, 1.165) is 23.7 Å². The summed E-state index contributed by atoms with van der Waals surface area (Å²) in [6, 6.07) is 12.3. The van der Waals surface area contributed by atoms with Crippen LogP contribution in [0.25, 0.3) is 0 Å². The van der Waals surface area contributed by atoms with Gasteiger partial charge in [-0.15, -0.1) is 0 Å². The third-order valence-electron chi connectivity index (χ3n) is 3.15. The van der Waals surface area contributed by atoms with Gasteiger partial charge in [0.2, 0.25) is 0 Å². The molecule has 0 spiro atoms. The van der Waals surface area contributed by atoms with E-state index in [4.69, 9.17) is 11.6 Å². The summed E-state index contributed by atoms with van der Waals surface area (Å²) >= 11 is 6.17. The van der Waals surface area contributed by atoms with Crippen molar-refractivity contribution in [2.24, 2.45) is 0 Å². The highest BCUT2D eigenvalue weighted by molar-refractivity contribution is 6.31. The van der Waals surface area contributed by atoms with Gasteiger partial charge in [-0.2, -0.15) is 0 Å². The molecule has 1 heterocycles.